The molecule has 1 amide bonds. The molecule has 0 aliphatic carbocycles. The Hall–Kier alpha value is -1.88. The third-order valence-corrected chi connectivity index (χ3v) is 5.04. The number of hydrogen-bond donors (Lipinski definition) is 1. The third-order valence-electron chi connectivity index (χ3n) is 5.04. The summed E-state index contributed by atoms with van der Waals surface area (Å²) in [6, 6.07) is 5.79. The van der Waals surface area contributed by atoms with Gasteiger partial charge >= 0.3 is 5.97 Å². The van der Waals surface area contributed by atoms with E-state index in [-0.39, 0.29) is 18.4 Å². The quantitative estimate of drug-likeness (QED) is 0.905. The van der Waals surface area contributed by atoms with E-state index < -0.39 is 11.4 Å². The Morgan fingerprint density at radius 1 is 1.36 bits per heavy atom. The Kier molecular flexibility index (Phi) is 3.68. The van der Waals surface area contributed by atoms with E-state index in [4.69, 9.17) is 4.74 Å². The van der Waals surface area contributed by atoms with Gasteiger partial charge in [0, 0.05) is 31.2 Å². The highest BCUT2D eigenvalue weighted by Gasteiger charge is 2.55. The first-order valence-corrected chi connectivity index (χ1v) is 7.62. The Morgan fingerprint density at radius 3 is 2.82 bits per heavy atom. The lowest BCUT2D eigenvalue weighted by atomic mass is 9.74. The number of fused-ring (bicyclic) bond motifs is 1. The largest absolute Gasteiger partial charge is 0.481 e. The maximum absolute atomic E-state index is 12.8. The average molecular weight is 303 g/mol. The predicted molar refractivity (Wildman–Crippen MR) is 80.8 cm³/mol. The van der Waals surface area contributed by atoms with Gasteiger partial charge in [0.25, 0.3) is 5.91 Å². The Labute approximate surface area is 129 Å². The molecule has 5 nitrogen and oxygen atoms in total. The van der Waals surface area contributed by atoms with Crippen molar-refractivity contribution in [3.63, 3.8) is 0 Å². The van der Waals surface area contributed by atoms with E-state index in [1.165, 1.54) is 0 Å². The second kappa shape index (κ2) is 5.39. The van der Waals surface area contributed by atoms with Crippen molar-refractivity contribution in [3.8, 4) is 0 Å². The molecule has 2 heterocycles. The molecule has 5 heteroatoms. The second-order valence-corrected chi connectivity index (χ2v) is 6.49. The van der Waals surface area contributed by atoms with E-state index in [2.05, 4.69) is 0 Å². The maximum atomic E-state index is 12.8. The number of likely N-dealkylation sites (tertiary alicyclic amines) is 1. The normalized spacial score (nSPS) is 27.5. The van der Waals surface area contributed by atoms with Crippen LogP contribution in [0.2, 0.25) is 0 Å². The van der Waals surface area contributed by atoms with Crippen LogP contribution in [-0.4, -0.2) is 48.2 Å². The van der Waals surface area contributed by atoms with Crippen molar-refractivity contribution in [2.75, 3.05) is 26.3 Å². The summed E-state index contributed by atoms with van der Waals surface area (Å²) in [6.45, 7) is 5.47. The number of carboxylic acid groups (broad SMARTS) is 1. The fraction of sp³-hybridized carbons (Fsp3) is 0.529. The zero-order valence-corrected chi connectivity index (χ0v) is 13.0. The van der Waals surface area contributed by atoms with Gasteiger partial charge < -0.3 is 14.7 Å². The number of carbonyl (C=O) groups is 2. The Balaban J connectivity index is 1.89. The second-order valence-electron chi connectivity index (χ2n) is 6.49. The molecule has 2 atom stereocenters. The summed E-state index contributed by atoms with van der Waals surface area (Å²) in [5.74, 6) is -0.999. The molecule has 0 unspecified atom stereocenters. The van der Waals surface area contributed by atoms with Crippen molar-refractivity contribution in [1.82, 2.24) is 4.90 Å². The molecule has 2 fully saturated rings. The number of carbonyl (C=O) groups excluding carboxylic acids is 1. The molecule has 118 valence electrons. The lowest BCUT2D eigenvalue weighted by molar-refractivity contribution is -0.157. The van der Waals surface area contributed by atoms with Crippen LogP contribution in [0.3, 0.4) is 0 Å². The minimum Gasteiger partial charge on any atom is -0.481 e. The highest BCUT2D eigenvalue weighted by molar-refractivity contribution is 5.96. The van der Waals surface area contributed by atoms with Gasteiger partial charge in [-0.05, 0) is 31.9 Å². The number of ether oxygens (including phenoxy) is 1. The minimum absolute atomic E-state index is 0.0729. The first-order valence-electron chi connectivity index (χ1n) is 7.62. The number of amides is 1. The first kappa shape index (κ1) is 15.0. The molecule has 0 spiro atoms. The molecule has 2 aliphatic heterocycles. The van der Waals surface area contributed by atoms with Gasteiger partial charge in [0.2, 0.25) is 0 Å². The fourth-order valence-electron chi connectivity index (χ4n) is 3.59. The highest BCUT2D eigenvalue weighted by atomic mass is 16.5. The SMILES string of the molecule is Cc1ccc(C)c(C(=O)N2C[C@H]3COCC[C@@]3(C(=O)O)C2)c1. The summed E-state index contributed by atoms with van der Waals surface area (Å²) in [5, 5.41) is 9.67. The van der Waals surface area contributed by atoms with Crippen LogP contribution in [0, 0.1) is 25.2 Å². The number of rotatable bonds is 2. The van der Waals surface area contributed by atoms with Gasteiger partial charge in [-0.2, -0.15) is 0 Å². The van der Waals surface area contributed by atoms with Crippen LogP contribution in [0.25, 0.3) is 0 Å². The van der Waals surface area contributed by atoms with Crippen molar-refractivity contribution in [1.29, 1.82) is 0 Å². The minimum atomic E-state index is -0.842. The smallest absolute Gasteiger partial charge is 0.311 e. The van der Waals surface area contributed by atoms with Crippen molar-refractivity contribution in [3.05, 3.63) is 34.9 Å². The first-order chi connectivity index (χ1) is 10.4. The van der Waals surface area contributed by atoms with Gasteiger partial charge in [0.15, 0.2) is 0 Å². The topological polar surface area (TPSA) is 66.8 Å². The number of benzene rings is 1. The number of aliphatic carboxylic acids is 1. The molecular weight excluding hydrogens is 282 g/mol. The van der Waals surface area contributed by atoms with E-state index in [0.717, 1.165) is 11.1 Å². The van der Waals surface area contributed by atoms with Crippen molar-refractivity contribution in [2.45, 2.75) is 20.3 Å². The van der Waals surface area contributed by atoms with Crippen molar-refractivity contribution in [2.24, 2.45) is 11.3 Å². The summed E-state index contributed by atoms with van der Waals surface area (Å²) in [7, 11) is 0. The van der Waals surface area contributed by atoms with E-state index in [1.54, 1.807) is 4.90 Å². The Bertz CT molecular complexity index is 627. The summed E-state index contributed by atoms with van der Waals surface area (Å²) >= 11 is 0. The van der Waals surface area contributed by atoms with Crippen molar-refractivity contribution < 1.29 is 19.4 Å². The van der Waals surface area contributed by atoms with Gasteiger partial charge in [-0.3, -0.25) is 9.59 Å². The number of nitrogens with zero attached hydrogens (tertiary/aromatic N) is 1. The molecule has 1 N–H and O–H groups in total. The van der Waals surface area contributed by atoms with Crippen molar-refractivity contribution >= 4 is 11.9 Å². The van der Waals surface area contributed by atoms with Gasteiger partial charge in [-0.15, -0.1) is 0 Å². The molecule has 1 aromatic carbocycles. The van der Waals surface area contributed by atoms with Gasteiger partial charge in [0.1, 0.15) is 0 Å². The molecular formula is C17H21NO4. The standard InChI is InChI=1S/C17H21NO4/c1-11-3-4-12(2)14(7-11)15(19)18-8-13-9-22-6-5-17(13,10-18)16(20)21/h3-4,7,13H,5-6,8-10H2,1-2H3,(H,20,21)/t13-,17+/m0/s1. The van der Waals surface area contributed by atoms with E-state index in [1.807, 2.05) is 32.0 Å². The zero-order valence-electron chi connectivity index (χ0n) is 13.0. The predicted octanol–water partition coefficient (Wildman–Crippen LogP) is 1.87. The van der Waals surface area contributed by atoms with Crippen LogP contribution in [-0.2, 0) is 9.53 Å². The Morgan fingerprint density at radius 2 is 2.14 bits per heavy atom. The number of hydrogen-bond acceptors (Lipinski definition) is 3. The van der Waals surface area contributed by atoms with Crippen LogP contribution >= 0.6 is 0 Å². The van der Waals surface area contributed by atoms with E-state index >= 15 is 0 Å². The molecule has 0 aromatic heterocycles. The number of aryl methyl sites for hydroxylation is 2. The molecule has 1 aromatic rings. The fourth-order valence-corrected chi connectivity index (χ4v) is 3.59. The number of carboxylic acids is 1. The molecule has 0 saturated carbocycles. The van der Waals surface area contributed by atoms with E-state index in [0.29, 0.717) is 31.7 Å². The summed E-state index contributed by atoms with van der Waals surface area (Å²) in [6.07, 6.45) is 0.476. The van der Waals surface area contributed by atoms with Crippen LogP contribution in [0.5, 0.6) is 0 Å². The summed E-state index contributed by atoms with van der Waals surface area (Å²) < 4.78 is 5.43. The summed E-state index contributed by atoms with van der Waals surface area (Å²) in [5.41, 5.74) is 1.78. The molecule has 2 saturated heterocycles. The molecule has 0 bridgehead atoms. The molecule has 0 radical (unpaired) electrons. The van der Waals surface area contributed by atoms with Gasteiger partial charge in [-0.25, -0.2) is 0 Å². The lowest BCUT2D eigenvalue weighted by Crippen LogP contribution is -2.45. The lowest BCUT2D eigenvalue weighted by Gasteiger charge is -2.33. The molecule has 3 rings (SSSR count). The zero-order chi connectivity index (χ0) is 15.9. The highest BCUT2D eigenvalue weighted by Crippen LogP contribution is 2.42. The third kappa shape index (κ3) is 2.29. The van der Waals surface area contributed by atoms with Crippen LogP contribution in [0.4, 0.5) is 0 Å². The average Bonchev–Trinajstić information content (AvgIpc) is 2.90. The summed E-state index contributed by atoms with van der Waals surface area (Å²) in [4.78, 5) is 26.3. The van der Waals surface area contributed by atoms with Gasteiger partial charge in [-0.1, -0.05) is 17.7 Å². The molecule has 2 aliphatic rings. The van der Waals surface area contributed by atoms with E-state index in [9.17, 15) is 14.7 Å². The van der Waals surface area contributed by atoms with Crippen LogP contribution in [0.1, 0.15) is 27.9 Å². The van der Waals surface area contributed by atoms with Gasteiger partial charge in [0.05, 0.1) is 12.0 Å². The molecule has 22 heavy (non-hydrogen) atoms. The van der Waals surface area contributed by atoms with Crippen LogP contribution in [0.15, 0.2) is 18.2 Å². The van der Waals surface area contributed by atoms with Crippen LogP contribution < -0.4 is 0 Å². The maximum Gasteiger partial charge on any atom is 0.311 e. The monoisotopic (exact) mass is 303 g/mol.